The number of halogens is 1. The molecule has 0 aliphatic heterocycles. The van der Waals surface area contributed by atoms with Gasteiger partial charge in [-0.3, -0.25) is 9.59 Å². The van der Waals surface area contributed by atoms with E-state index in [0.717, 1.165) is 5.56 Å². The second kappa shape index (κ2) is 7.53. The van der Waals surface area contributed by atoms with Crippen LogP contribution in [0.2, 0.25) is 0 Å². The molecule has 0 bridgehead atoms. The lowest BCUT2D eigenvalue weighted by Crippen LogP contribution is -2.30. The summed E-state index contributed by atoms with van der Waals surface area (Å²) in [5, 5.41) is 7.39. The second-order valence-corrected chi connectivity index (χ2v) is 6.50. The number of benzene rings is 2. The first-order valence-corrected chi connectivity index (χ1v) is 8.64. The largest absolute Gasteiger partial charge is 0.350 e. The topological polar surface area (TPSA) is 64.0 Å². The zero-order valence-electron chi connectivity index (χ0n) is 15.4. The minimum atomic E-state index is -0.439. The maximum absolute atomic E-state index is 13.6. The van der Waals surface area contributed by atoms with Gasteiger partial charge in [0.05, 0.1) is 11.6 Å². The minimum Gasteiger partial charge on any atom is -0.350 e. The van der Waals surface area contributed by atoms with Crippen LogP contribution in [0, 0.1) is 5.82 Å². The molecular weight excluding hydrogens is 345 g/mol. The lowest BCUT2D eigenvalue weighted by atomic mass is 10.0. The third-order valence-corrected chi connectivity index (χ3v) is 4.10. The highest BCUT2D eigenvalue weighted by molar-refractivity contribution is 6.05. The molecule has 0 aliphatic carbocycles. The maximum Gasteiger partial charge on any atom is 0.291 e. The van der Waals surface area contributed by atoms with E-state index in [-0.39, 0.29) is 23.1 Å². The molecule has 0 radical (unpaired) electrons. The zero-order chi connectivity index (χ0) is 19.6. The number of nitrogens with one attached hydrogen (secondary N) is 1. The van der Waals surface area contributed by atoms with Crippen LogP contribution in [0.3, 0.4) is 0 Å². The van der Waals surface area contributed by atoms with E-state index in [9.17, 15) is 14.0 Å². The summed E-state index contributed by atoms with van der Waals surface area (Å²) in [7, 11) is 0. The van der Waals surface area contributed by atoms with Gasteiger partial charge >= 0.3 is 0 Å². The van der Waals surface area contributed by atoms with Gasteiger partial charge in [0, 0.05) is 11.3 Å². The molecule has 1 N–H and O–H groups in total. The Morgan fingerprint density at radius 2 is 1.81 bits per heavy atom. The van der Waals surface area contributed by atoms with Crippen molar-refractivity contribution in [1.29, 1.82) is 0 Å². The number of nitrogens with zero attached hydrogens (tertiary/aromatic N) is 2. The van der Waals surface area contributed by atoms with Gasteiger partial charge in [-0.1, -0.05) is 36.4 Å². The lowest BCUT2D eigenvalue weighted by molar-refractivity contribution is 0.101. The van der Waals surface area contributed by atoms with E-state index >= 15 is 0 Å². The van der Waals surface area contributed by atoms with Crippen LogP contribution in [0.1, 0.15) is 37.2 Å². The first-order valence-electron chi connectivity index (χ1n) is 8.64. The Morgan fingerprint density at radius 1 is 1.11 bits per heavy atom. The van der Waals surface area contributed by atoms with E-state index in [1.54, 1.807) is 6.07 Å². The van der Waals surface area contributed by atoms with E-state index in [4.69, 9.17) is 0 Å². The van der Waals surface area contributed by atoms with Crippen LogP contribution in [0.5, 0.6) is 0 Å². The zero-order valence-corrected chi connectivity index (χ0v) is 15.4. The van der Waals surface area contributed by atoms with Gasteiger partial charge in [0.25, 0.3) is 5.56 Å². The molecule has 6 heteroatoms. The fourth-order valence-corrected chi connectivity index (χ4v) is 2.86. The standard InChI is InChI=1S/C21H20FN3O2/c1-13(2)25-21(27)20(23-17-11-7-10-16(22)12-17)18(14(3)26)19(24-25)15-8-5-4-6-9-15/h4-13,23H,1-3H3. The van der Waals surface area contributed by atoms with Crippen molar-refractivity contribution in [3.63, 3.8) is 0 Å². The molecule has 2 aromatic carbocycles. The van der Waals surface area contributed by atoms with Crippen molar-refractivity contribution in [1.82, 2.24) is 9.78 Å². The van der Waals surface area contributed by atoms with Gasteiger partial charge in [-0.15, -0.1) is 0 Å². The summed E-state index contributed by atoms with van der Waals surface area (Å²) in [6.45, 7) is 5.06. The second-order valence-electron chi connectivity index (χ2n) is 6.50. The molecular formula is C21H20FN3O2. The number of anilines is 2. The molecule has 0 saturated carbocycles. The quantitative estimate of drug-likeness (QED) is 0.673. The number of ketones is 1. The van der Waals surface area contributed by atoms with E-state index in [0.29, 0.717) is 11.4 Å². The molecule has 0 aliphatic rings. The van der Waals surface area contributed by atoms with Gasteiger partial charge in [-0.05, 0) is 39.0 Å². The van der Waals surface area contributed by atoms with Crippen molar-refractivity contribution in [3.8, 4) is 11.3 Å². The molecule has 0 spiro atoms. The van der Waals surface area contributed by atoms with Crippen LogP contribution in [-0.4, -0.2) is 15.6 Å². The van der Waals surface area contributed by atoms with Gasteiger partial charge in [-0.2, -0.15) is 5.10 Å². The molecule has 0 unspecified atom stereocenters. The first kappa shape index (κ1) is 18.5. The normalized spacial score (nSPS) is 10.9. The molecule has 0 amide bonds. The number of aromatic nitrogens is 2. The summed E-state index contributed by atoms with van der Waals surface area (Å²) >= 11 is 0. The van der Waals surface area contributed by atoms with Crippen molar-refractivity contribution in [2.75, 3.05) is 5.32 Å². The first-order chi connectivity index (χ1) is 12.9. The van der Waals surface area contributed by atoms with Crippen LogP contribution in [-0.2, 0) is 0 Å². The summed E-state index contributed by atoms with van der Waals surface area (Å²) in [4.78, 5) is 25.4. The Hall–Kier alpha value is -3.28. The highest BCUT2D eigenvalue weighted by Gasteiger charge is 2.23. The SMILES string of the molecule is CC(=O)c1c(-c2ccccc2)nn(C(C)C)c(=O)c1Nc1cccc(F)c1. The maximum atomic E-state index is 13.6. The van der Waals surface area contributed by atoms with E-state index in [1.807, 2.05) is 44.2 Å². The van der Waals surface area contributed by atoms with Crippen LogP contribution in [0.25, 0.3) is 11.3 Å². The van der Waals surface area contributed by atoms with Gasteiger partial charge in [0.15, 0.2) is 5.78 Å². The van der Waals surface area contributed by atoms with Crippen molar-refractivity contribution >= 4 is 17.2 Å². The molecule has 0 fully saturated rings. The monoisotopic (exact) mass is 365 g/mol. The van der Waals surface area contributed by atoms with Crippen LogP contribution in [0.15, 0.2) is 59.4 Å². The molecule has 1 aromatic heterocycles. The van der Waals surface area contributed by atoms with Crippen molar-refractivity contribution in [3.05, 3.63) is 76.3 Å². The van der Waals surface area contributed by atoms with Gasteiger partial charge in [-0.25, -0.2) is 9.07 Å². The van der Waals surface area contributed by atoms with Gasteiger partial charge in [0.1, 0.15) is 17.2 Å². The molecule has 1 heterocycles. The minimum absolute atomic E-state index is 0.0932. The number of Topliss-reactive ketones (excluding diaryl/α,β-unsaturated/α-hetero) is 1. The van der Waals surface area contributed by atoms with Gasteiger partial charge < -0.3 is 5.32 Å². The number of carbonyl (C=O) groups excluding carboxylic acids is 1. The molecule has 3 rings (SSSR count). The van der Waals surface area contributed by atoms with Crippen molar-refractivity contribution in [2.45, 2.75) is 26.8 Å². The molecule has 5 nitrogen and oxygen atoms in total. The third-order valence-electron chi connectivity index (χ3n) is 4.10. The Balaban J connectivity index is 2.31. The number of hydrogen-bond donors (Lipinski definition) is 1. The summed E-state index contributed by atoms with van der Waals surface area (Å²) < 4.78 is 14.9. The van der Waals surface area contributed by atoms with Crippen molar-refractivity contribution in [2.24, 2.45) is 0 Å². The third kappa shape index (κ3) is 3.79. The average Bonchev–Trinajstić information content (AvgIpc) is 2.63. The highest BCUT2D eigenvalue weighted by atomic mass is 19.1. The predicted octanol–water partition coefficient (Wildman–Crippen LogP) is 4.58. The highest BCUT2D eigenvalue weighted by Crippen LogP contribution is 2.28. The number of rotatable bonds is 5. The van der Waals surface area contributed by atoms with Crippen LogP contribution in [0.4, 0.5) is 15.8 Å². The van der Waals surface area contributed by atoms with Gasteiger partial charge in [0.2, 0.25) is 0 Å². The molecule has 27 heavy (non-hydrogen) atoms. The fourth-order valence-electron chi connectivity index (χ4n) is 2.86. The van der Waals surface area contributed by atoms with Crippen LogP contribution >= 0.6 is 0 Å². The molecule has 0 saturated heterocycles. The number of carbonyl (C=O) groups is 1. The molecule has 138 valence electrons. The average molecular weight is 365 g/mol. The Labute approximate surface area is 156 Å². The van der Waals surface area contributed by atoms with Crippen LogP contribution < -0.4 is 10.9 Å². The smallest absolute Gasteiger partial charge is 0.291 e. The van der Waals surface area contributed by atoms with E-state index in [1.165, 1.54) is 29.8 Å². The summed E-state index contributed by atoms with van der Waals surface area (Å²) in [5.41, 5.74) is 1.37. The van der Waals surface area contributed by atoms with E-state index < -0.39 is 11.4 Å². The molecule has 0 atom stereocenters. The Morgan fingerprint density at radius 3 is 2.41 bits per heavy atom. The Bertz CT molecular complexity index is 1040. The molecule has 3 aromatic rings. The van der Waals surface area contributed by atoms with E-state index in [2.05, 4.69) is 10.4 Å². The summed E-state index contributed by atoms with van der Waals surface area (Å²) in [5.74, 6) is -0.737. The van der Waals surface area contributed by atoms with Crippen molar-refractivity contribution < 1.29 is 9.18 Å². The number of hydrogen-bond acceptors (Lipinski definition) is 4. The summed E-state index contributed by atoms with van der Waals surface area (Å²) in [6, 6.07) is 14.7. The summed E-state index contributed by atoms with van der Waals surface area (Å²) in [6.07, 6.45) is 0. The predicted molar refractivity (Wildman–Crippen MR) is 104 cm³/mol. The fraction of sp³-hybridized carbons (Fsp3) is 0.190. The lowest BCUT2D eigenvalue weighted by Gasteiger charge is -2.18. The Kier molecular flexibility index (Phi) is 5.16.